The van der Waals surface area contributed by atoms with E-state index in [1.165, 1.54) is 0 Å². The lowest BCUT2D eigenvalue weighted by Gasteiger charge is -2.12. The summed E-state index contributed by atoms with van der Waals surface area (Å²) >= 11 is 0. The molecule has 2 rings (SSSR count). The molecule has 7 heteroatoms. The number of carbonyl (C=O) groups excluding carboxylic acids is 3. The van der Waals surface area contributed by atoms with E-state index in [4.69, 9.17) is 0 Å². The van der Waals surface area contributed by atoms with Crippen LogP contribution in [-0.4, -0.2) is 30.3 Å². The molecular formula is C22H28N4O3. The molecule has 0 fully saturated rings. The number of hydrogen-bond donors (Lipinski definition) is 4. The fourth-order valence-corrected chi connectivity index (χ4v) is 2.46. The van der Waals surface area contributed by atoms with Gasteiger partial charge in [-0.05, 0) is 55.8 Å². The van der Waals surface area contributed by atoms with Crippen molar-refractivity contribution in [1.29, 1.82) is 0 Å². The Hall–Kier alpha value is -3.35. The first-order chi connectivity index (χ1) is 13.9. The van der Waals surface area contributed by atoms with E-state index >= 15 is 0 Å². The summed E-state index contributed by atoms with van der Waals surface area (Å²) in [5.41, 5.74) is 2.53. The fourth-order valence-electron chi connectivity index (χ4n) is 2.46. The SMILES string of the molecule is CCC(=O)Nc1ccc(NCC(=O)Nc2cccc(C(=O)NC(C)CC)c2)cc1. The Kier molecular flexibility index (Phi) is 8.21. The maximum atomic E-state index is 12.2. The highest BCUT2D eigenvalue weighted by atomic mass is 16.2. The van der Waals surface area contributed by atoms with Gasteiger partial charge in [-0.15, -0.1) is 0 Å². The summed E-state index contributed by atoms with van der Waals surface area (Å²) in [7, 11) is 0. The first kappa shape index (κ1) is 21.9. The van der Waals surface area contributed by atoms with Crippen molar-refractivity contribution in [3.8, 4) is 0 Å². The van der Waals surface area contributed by atoms with Crippen LogP contribution in [0.3, 0.4) is 0 Å². The molecule has 4 N–H and O–H groups in total. The zero-order valence-corrected chi connectivity index (χ0v) is 17.0. The van der Waals surface area contributed by atoms with Crippen molar-refractivity contribution in [1.82, 2.24) is 5.32 Å². The number of benzene rings is 2. The molecule has 0 bridgehead atoms. The molecule has 0 aliphatic carbocycles. The summed E-state index contributed by atoms with van der Waals surface area (Å²) in [6.07, 6.45) is 1.26. The summed E-state index contributed by atoms with van der Waals surface area (Å²) in [6, 6.07) is 14.1. The molecule has 0 radical (unpaired) electrons. The van der Waals surface area contributed by atoms with Crippen LogP contribution in [0.5, 0.6) is 0 Å². The molecule has 3 amide bonds. The summed E-state index contributed by atoms with van der Waals surface area (Å²) in [5, 5.41) is 11.5. The topological polar surface area (TPSA) is 99.3 Å². The normalized spacial score (nSPS) is 11.3. The number of anilines is 3. The van der Waals surface area contributed by atoms with E-state index < -0.39 is 0 Å². The molecular weight excluding hydrogens is 368 g/mol. The molecule has 0 saturated heterocycles. The van der Waals surface area contributed by atoms with Crippen LogP contribution in [0.2, 0.25) is 0 Å². The van der Waals surface area contributed by atoms with Crippen LogP contribution in [0.25, 0.3) is 0 Å². The van der Waals surface area contributed by atoms with Crippen LogP contribution in [0.15, 0.2) is 48.5 Å². The van der Waals surface area contributed by atoms with Gasteiger partial charge in [0.05, 0.1) is 6.54 Å². The second kappa shape index (κ2) is 10.8. The van der Waals surface area contributed by atoms with Crippen LogP contribution in [0.4, 0.5) is 17.1 Å². The zero-order chi connectivity index (χ0) is 21.2. The zero-order valence-electron chi connectivity index (χ0n) is 17.0. The van der Waals surface area contributed by atoms with Crippen LogP contribution >= 0.6 is 0 Å². The number of rotatable bonds is 9. The molecule has 0 aromatic heterocycles. The van der Waals surface area contributed by atoms with Gasteiger partial charge in [0.25, 0.3) is 5.91 Å². The minimum absolute atomic E-state index is 0.0508. The van der Waals surface area contributed by atoms with Crippen molar-refractivity contribution < 1.29 is 14.4 Å². The highest BCUT2D eigenvalue weighted by Crippen LogP contribution is 2.14. The van der Waals surface area contributed by atoms with Crippen LogP contribution < -0.4 is 21.3 Å². The largest absolute Gasteiger partial charge is 0.376 e. The maximum Gasteiger partial charge on any atom is 0.251 e. The Morgan fingerprint density at radius 2 is 1.52 bits per heavy atom. The molecule has 7 nitrogen and oxygen atoms in total. The van der Waals surface area contributed by atoms with Crippen LogP contribution in [-0.2, 0) is 9.59 Å². The summed E-state index contributed by atoms with van der Waals surface area (Å²) < 4.78 is 0. The third-order valence-corrected chi connectivity index (χ3v) is 4.34. The van der Waals surface area contributed by atoms with Gasteiger partial charge in [-0.2, -0.15) is 0 Å². The highest BCUT2D eigenvalue weighted by Gasteiger charge is 2.10. The van der Waals surface area contributed by atoms with E-state index in [9.17, 15) is 14.4 Å². The number of amides is 3. The van der Waals surface area contributed by atoms with Gasteiger partial charge in [0.1, 0.15) is 0 Å². The number of nitrogens with one attached hydrogen (secondary N) is 4. The Labute approximate surface area is 171 Å². The Morgan fingerprint density at radius 3 is 2.17 bits per heavy atom. The van der Waals surface area contributed by atoms with Gasteiger partial charge in [-0.3, -0.25) is 14.4 Å². The van der Waals surface area contributed by atoms with E-state index in [1.54, 1.807) is 55.5 Å². The minimum atomic E-state index is -0.229. The van der Waals surface area contributed by atoms with E-state index in [0.717, 1.165) is 12.1 Å². The van der Waals surface area contributed by atoms with Crippen molar-refractivity contribution >= 4 is 34.8 Å². The van der Waals surface area contributed by atoms with Crippen molar-refractivity contribution in [3.05, 3.63) is 54.1 Å². The first-order valence-corrected chi connectivity index (χ1v) is 9.75. The monoisotopic (exact) mass is 396 g/mol. The fraction of sp³-hybridized carbons (Fsp3) is 0.318. The average molecular weight is 396 g/mol. The lowest BCUT2D eigenvalue weighted by molar-refractivity contribution is -0.116. The van der Waals surface area contributed by atoms with Crippen molar-refractivity contribution in [2.75, 3.05) is 22.5 Å². The van der Waals surface area contributed by atoms with Gasteiger partial charge in [-0.1, -0.05) is 19.9 Å². The summed E-state index contributed by atoms with van der Waals surface area (Å²) in [4.78, 5) is 35.8. The molecule has 154 valence electrons. The molecule has 29 heavy (non-hydrogen) atoms. The molecule has 0 aliphatic rings. The van der Waals surface area contributed by atoms with Crippen LogP contribution in [0.1, 0.15) is 44.0 Å². The molecule has 1 atom stereocenters. The number of carbonyl (C=O) groups is 3. The summed E-state index contributed by atoms with van der Waals surface area (Å²) in [6.45, 7) is 5.81. The third-order valence-electron chi connectivity index (χ3n) is 4.34. The van der Waals surface area contributed by atoms with Gasteiger partial charge in [0.15, 0.2) is 0 Å². The third kappa shape index (κ3) is 7.29. The molecule has 0 aliphatic heterocycles. The maximum absolute atomic E-state index is 12.2. The predicted molar refractivity (Wildman–Crippen MR) is 116 cm³/mol. The lowest BCUT2D eigenvalue weighted by atomic mass is 10.1. The predicted octanol–water partition coefficient (Wildman–Crippen LogP) is 3.61. The Bertz CT molecular complexity index is 849. The summed E-state index contributed by atoms with van der Waals surface area (Å²) in [5.74, 6) is -0.443. The Morgan fingerprint density at radius 1 is 0.862 bits per heavy atom. The van der Waals surface area contributed by atoms with E-state index in [2.05, 4.69) is 21.3 Å². The lowest BCUT2D eigenvalue weighted by Crippen LogP contribution is -2.32. The van der Waals surface area contributed by atoms with E-state index in [0.29, 0.717) is 23.4 Å². The first-order valence-electron chi connectivity index (χ1n) is 9.75. The van der Waals surface area contributed by atoms with Crippen molar-refractivity contribution in [2.24, 2.45) is 0 Å². The Balaban J connectivity index is 1.87. The van der Waals surface area contributed by atoms with E-state index in [-0.39, 0.29) is 30.3 Å². The molecule has 1 unspecified atom stereocenters. The van der Waals surface area contributed by atoms with E-state index in [1.807, 2.05) is 13.8 Å². The molecule has 0 spiro atoms. The van der Waals surface area contributed by atoms with Crippen molar-refractivity contribution in [3.63, 3.8) is 0 Å². The van der Waals surface area contributed by atoms with Crippen LogP contribution in [0, 0.1) is 0 Å². The second-order valence-electron chi connectivity index (χ2n) is 6.74. The molecule has 2 aromatic rings. The molecule has 0 saturated carbocycles. The van der Waals surface area contributed by atoms with Gasteiger partial charge >= 0.3 is 0 Å². The van der Waals surface area contributed by atoms with Gasteiger partial charge in [0.2, 0.25) is 11.8 Å². The quantitative estimate of drug-likeness (QED) is 0.520. The van der Waals surface area contributed by atoms with Gasteiger partial charge < -0.3 is 21.3 Å². The highest BCUT2D eigenvalue weighted by molar-refractivity contribution is 5.98. The second-order valence-corrected chi connectivity index (χ2v) is 6.74. The molecule has 0 heterocycles. The molecule has 2 aromatic carbocycles. The average Bonchev–Trinajstić information content (AvgIpc) is 2.73. The standard InChI is InChI=1S/C22H28N4O3/c1-4-15(3)24-22(29)16-7-6-8-19(13-16)26-21(28)14-23-17-9-11-18(12-10-17)25-20(27)5-2/h6-13,15,23H,4-5,14H2,1-3H3,(H,24,29)(H,25,27)(H,26,28). The van der Waals surface area contributed by atoms with Gasteiger partial charge in [0, 0.05) is 35.1 Å². The van der Waals surface area contributed by atoms with Crippen molar-refractivity contribution in [2.45, 2.75) is 39.7 Å². The minimum Gasteiger partial charge on any atom is -0.376 e. The van der Waals surface area contributed by atoms with Gasteiger partial charge in [-0.25, -0.2) is 0 Å². The smallest absolute Gasteiger partial charge is 0.251 e. The number of hydrogen-bond acceptors (Lipinski definition) is 4.